The first-order valence-electron chi connectivity index (χ1n) is 7.47. The molecule has 19 heavy (non-hydrogen) atoms. The van der Waals surface area contributed by atoms with Gasteiger partial charge in [-0.15, -0.1) is 0 Å². The van der Waals surface area contributed by atoms with Crippen LogP contribution in [0.1, 0.15) is 43.4 Å². The van der Waals surface area contributed by atoms with Crippen molar-refractivity contribution in [3.63, 3.8) is 0 Å². The summed E-state index contributed by atoms with van der Waals surface area (Å²) in [7, 11) is 0. The lowest BCUT2D eigenvalue weighted by atomic mass is 10.1. The van der Waals surface area contributed by atoms with Gasteiger partial charge in [0, 0.05) is 18.2 Å². The molecular weight excluding hydrogens is 236 g/mol. The Hall–Kier alpha value is -1.06. The van der Waals surface area contributed by atoms with E-state index >= 15 is 0 Å². The van der Waals surface area contributed by atoms with E-state index < -0.39 is 0 Å². The Morgan fingerprint density at radius 2 is 1.74 bits per heavy atom. The highest BCUT2D eigenvalue weighted by atomic mass is 16.3. The molecule has 0 aliphatic heterocycles. The van der Waals surface area contributed by atoms with Crippen LogP contribution in [0.2, 0.25) is 0 Å². The van der Waals surface area contributed by atoms with Gasteiger partial charge in [0.2, 0.25) is 0 Å². The molecule has 3 N–H and O–H groups in total. The molecule has 1 atom stereocenters. The topological polar surface area (TPSA) is 49.5 Å². The third kappa shape index (κ3) is 3.10. The Morgan fingerprint density at radius 1 is 1.16 bits per heavy atom. The minimum absolute atomic E-state index is 0.361. The average molecular weight is 262 g/mol. The van der Waals surface area contributed by atoms with Crippen LogP contribution in [0.25, 0.3) is 0 Å². The SMILES string of the molecule is CCCN(CCC)C1Cc2cc(O)c(CN)cc2C1. The van der Waals surface area contributed by atoms with Crippen LogP contribution in [-0.4, -0.2) is 29.1 Å². The Morgan fingerprint density at radius 3 is 2.26 bits per heavy atom. The lowest BCUT2D eigenvalue weighted by Crippen LogP contribution is -2.37. The van der Waals surface area contributed by atoms with Gasteiger partial charge in [-0.2, -0.15) is 0 Å². The summed E-state index contributed by atoms with van der Waals surface area (Å²) in [5, 5.41) is 9.91. The number of nitrogens with two attached hydrogens (primary N) is 1. The Labute approximate surface area is 116 Å². The summed E-state index contributed by atoms with van der Waals surface area (Å²) in [6.07, 6.45) is 4.56. The van der Waals surface area contributed by atoms with E-state index in [0.29, 0.717) is 18.3 Å². The van der Waals surface area contributed by atoms with E-state index in [1.165, 1.54) is 37.1 Å². The van der Waals surface area contributed by atoms with Crippen molar-refractivity contribution >= 4 is 0 Å². The number of phenolic OH excluding ortho intramolecular Hbond substituents is 1. The molecule has 1 aromatic carbocycles. The first-order chi connectivity index (χ1) is 9.19. The summed E-state index contributed by atoms with van der Waals surface area (Å²) in [4.78, 5) is 2.60. The molecule has 1 aliphatic carbocycles. The summed E-state index contributed by atoms with van der Waals surface area (Å²) in [5.41, 5.74) is 9.21. The van der Waals surface area contributed by atoms with Crippen LogP contribution in [0.5, 0.6) is 5.75 Å². The maximum atomic E-state index is 9.91. The fraction of sp³-hybridized carbons (Fsp3) is 0.625. The van der Waals surface area contributed by atoms with Gasteiger partial charge in [-0.25, -0.2) is 0 Å². The first kappa shape index (κ1) is 14.4. The summed E-state index contributed by atoms with van der Waals surface area (Å²) in [6.45, 7) is 7.23. The van der Waals surface area contributed by atoms with Gasteiger partial charge >= 0.3 is 0 Å². The number of aromatic hydroxyl groups is 1. The number of fused-ring (bicyclic) bond motifs is 1. The second-order valence-corrected chi connectivity index (χ2v) is 5.55. The lowest BCUT2D eigenvalue weighted by Gasteiger charge is -2.27. The molecule has 106 valence electrons. The first-order valence-corrected chi connectivity index (χ1v) is 7.47. The van der Waals surface area contributed by atoms with Gasteiger partial charge < -0.3 is 10.8 Å². The van der Waals surface area contributed by atoms with Crippen LogP contribution in [0, 0.1) is 0 Å². The normalized spacial score (nSPS) is 18.0. The van der Waals surface area contributed by atoms with Crippen molar-refractivity contribution in [1.29, 1.82) is 0 Å². The molecule has 1 aliphatic rings. The molecule has 3 nitrogen and oxygen atoms in total. The van der Waals surface area contributed by atoms with E-state index in [9.17, 15) is 5.11 Å². The van der Waals surface area contributed by atoms with E-state index in [0.717, 1.165) is 18.4 Å². The van der Waals surface area contributed by atoms with Crippen molar-refractivity contribution in [1.82, 2.24) is 4.90 Å². The maximum absolute atomic E-state index is 9.91. The smallest absolute Gasteiger partial charge is 0.120 e. The zero-order valence-electron chi connectivity index (χ0n) is 12.2. The van der Waals surface area contributed by atoms with Crippen LogP contribution >= 0.6 is 0 Å². The van der Waals surface area contributed by atoms with E-state index in [1.54, 1.807) is 0 Å². The largest absolute Gasteiger partial charge is 0.508 e. The van der Waals surface area contributed by atoms with Crippen molar-refractivity contribution < 1.29 is 5.11 Å². The van der Waals surface area contributed by atoms with Crippen molar-refractivity contribution in [3.8, 4) is 5.75 Å². The van der Waals surface area contributed by atoms with Gasteiger partial charge in [0.15, 0.2) is 0 Å². The van der Waals surface area contributed by atoms with Gasteiger partial charge in [0.25, 0.3) is 0 Å². The zero-order chi connectivity index (χ0) is 13.8. The number of benzene rings is 1. The molecule has 0 spiro atoms. The Kier molecular flexibility index (Phi) is 4.83. The molecule has 0 radical (unpaired) electrons. The Balaban J connectivity index is 2.14. The van der Waals surface area contributed by atoms with Gasteiger partial charge in [-0.3, -0.25) is 4.90 Å². The molecule has 0 bridgehead atoms. The zero-order valence-corrected chi connectivity index (χ0v) is 12.2. The maximum Gasteiger partial charge on any atom is 0.120 e. The molecule has 1 aromatic rings. The number of hydrogen-bond donors (Lipinski definition) is 2. The Bertz CT molecular complexity index is 425. The fourth-order valence-electron chi connectivity index (χ4n) is 3.16. The number of rotatable bonds is 6. The predicted octanol–water partition coefficient (Wildman–Crippen LogP) is 2.44. The van der Waals surface area contributed by atoms with Gasteiger partial charge in [-0.05, 0) is 56.0 Å². The average Bonchev–Trinajstić information content (AvgIpc) is 2.80. The van der Waals surface area contributed by atoms with Crippen molar-refractivity contribution in [2.24, 2.45) is 5.73 Å². The highest BCUT2D eigenvalue weighted by Gasteiger charge is 2.26. The quantitative estimate of drug-likeness (QED) is 0.828. The standard InChI is InChI=1S/C16H26N2O/c1-3-5-18(6-4-2)15-8-12-7-14(11-17)16(19)10-13(12)9-15/h7,10,15,19H,3-6,8-9,11,17H2,1-2H3. The third-order valence-electron chi connectivity index (χ3n) is 4.07. The molecule has 0 aromatic heterocycles. The molecule has 0 amide bonds. The molecule has 0 saturated heterocycles. The van der Waals surface area contributed by atoms with Crippen LogP contribution in [0.15, 0.2) is 12.1 Å². The van der Waals surface area contributed by atoms with Gasteiger partial charge in [-0.1, -0.05) is 19.9 Å². The molecule has 3 heteroatoms. The molecule has 1 unspecified atom stereocenters. The minimum Gasteiger partial charge on any atom is -0.508 e. The summed E-state index contributed by atoms with van der Waals surface area (Å²) < 4.78 is 0. The molecular formula is C16H26N2O. The second kappa shape index (κ2) is 6.40. The fourth-order valence-corrected chi connectivity index (χ4v) is 3.16. The lowest BCUT2D eigenvalue weighted by molar-refractivity contribution is 0.202. The van der Waals surface area contributed by atoms with Crippen LogP contribution in [0.3, 0.4) is 0 Å². The number of phenols is 1. The van der Waals surface area contributed by atoms with Crippen LogP contribution in [-0.2, 0) is 19.4 Å². The number of nitrogens with zero attached hydrogens (tertiary/aromatic N) is 1. The number of hydrogen-bond acceptors (Lipinski definition) is 3. The van der Waals surface area contributed by atoms with Crippen molar-refractivity contribution in [3.05, 3.63) is 28.8 Å². The predicted molar refractivity (Wildman–Crippen MR) is 79.3 cm³/mol. The van der Waals surface area contributed by atoms with Crippen LogP contribution < -0.4 is 5.73 Å². The molecule has 0 heterocycles. The highest BCUT2D eigenvalue weighted by molar-refractivity contribution is 5.45. The second-order valence-electron chi connectivity index (χ2n) is 5.55. The van der Waals surface area contributed by atoms with Crippen LogP contribution in [0.4, 0.5) is 0 Å². The van der Waals surface area contributed by atoms with Gasteiger partial charge in [0.05, 0.1) is 0 Å². The summed E-state index contributed by atoms with van der Waals surface area (Å²) >= 11 is 0. The van der Waals surface area contributed by atoms with E-state index in [1.807, 2.05) is 6.07 Å². The third-order valence-corrected chi connectivity index (χ3v) is 4.07. The molecule has 0 fully saturated rings. The monoisotopic (exact) mass is 262 g/mol. The van der Waals surface area contributed by atoms with E-state index in [4.69, 9.17) is 5.73 Å². The molecule has 0 saturated carbocycles. The van der Waals surface area contributed by atoms with E-state index in [2.05, 4.69) is 24.8 Å². The van der Waals surface area contributed by atoms with Crippen molar-refractivity contribution in [2.75, 3.05) is 13.1 Å². The van der Waals surface area contributed by atoms with E-state index in [-0.39, 0.29) is 0 Å². The minimum atomic E-state index is 0.361. The van der Waals surface area contributed by atoms with Crippen molar-refractivity contribution in [2.45, 2.75) is 52.1 Å². The summed E-state index contributed by atoms with van der Waals surface area (Å²) in [5.74, 6) is 0.361. The van der Waals surface area contributed by atoms with Gasteiger partial charge in [0.1, 0.15) is 5.75 Å². The molecule has 2 rings (SSSR count). The summed E-state index contributed by atoms with van der Waals surface area (Å²) in [6, 6.07) is 4.62. The highest BCUT2D eigenvalue weighted by Crippen LogP contribution is 2.31.